The van der Waals surface area contributed by atoms with E-state index in [4.69, 9.17) is 4.74 Å². The molecule has 1 aromatic rings. The Morgan fingerprint density at radius 2 is 1.84 bits per heavy atom. The van der Waals surface area contributed by atoms with Crippen molar-refractivity contribution in [3.63, 3.8) is 0 Å². The zero-order valence-electron chi connectivity index (χ0n) is 16.5. The van der Waals surface area contributed by atoms with Crippen LogP contribution in [0.1, 0.15) is 59.4 Å². The predicted molar refractivity (Wildman–Crippen MR) is 103 cm³/mol. The smallest absolute Gasteiger partial charge is 0.260 e. The molecule has 1 aliphatic rings. The van der Waals surface area contributed by atoms with Gasteiger partial charge in [0.15, 0.2) is 6.10 Å². The van der Waals surface area contributed by atoms with Crippen LogP contribution in [-0.4, -0.2) is 42.6 Å². The van der Waals surface area contributed by atoms with Crippen LogP contribution in [0.4, 0.5) is 0 Å². The van der Waals surface area contributed by atoms with Crippen molar-refractivity contribution in [1.82, 2.24) is 10.2 Å². The van der Waals surface area contributed by atoms with E-state index in [2.05, 4.69) is 50.0 Å². The Balaban J connectivity index is 1.80. The lowest BCUT2D eigenvalue weighted by molar-refractivity contribution is -0.128. The Morgan fingerprint density at radius 3 is 2.36 bits per heavy atom. The van der Waals surface area contributed by atoms with Crippen LogP contribution in [0.3, 0.4) is 0 Å². The lowest BCUT2D eigenvalue weighted by Crippen LogP contribution is -2.48. The molecule has 1 amide bonds. The van der Waals surface area contributed by atoms with Crippen LogP contribution in [-0.2, 0) is 10.2 Å². The number of rotatable bonds is 6. The third kappa shape index (κ3) is 6.03. The van der Waals surface area contributed by atoms with Crippen LogP contribution < -0.4 is 10.1 Å². The van der Waals surface area contributed by atoms with Crippen LogP contribution in [0.25, 0.3) is 0 Å². The van der Waals surface area contributed by atoms with Gasteiger partial charge in [0.25, 0.3) is 5.91 Å². The second-order valence-electron chi connectivity index (χ2n) is 8.16. The highest BCUT2D eigenvalue weighted by Crippen LogP contribution is 2.24. The van der Waals surface area contributed by atoms with Gasteiger partial charge in [-0.3, -0.25) is 4.79 Å². The molecule has 4 heteroatoms. The van der Waals surface area contributed by atoms with Crippen LogP contribution in [0.2, 0.25) is 0 Å². The van der Waals surface area contributed by atoms with Crippen molar-refractivity contribution in [2.75, 3.05) is 19.6 Å². The fourth-order valence-corrected chi connectivity index (χ4v) is 3.23. The second kappa shape index (κ2) is 8.70. The molecule has 1 aliphatic heterocycles. The minimum atomic E-state index is -0.478. The molecule has 0 bridgehead atoms. The van der Waals surface area contributed by atoms with E-state index >= 15 is 0 Å². The van der Waals surface area contributed by atoms with E-state index in [1.54, 1.807) is 0 Å². The van der Waals surface area contributed by atoms with Gasteiger partial charge in [-0.2, -0.15) is 0 Å². The first-order valence-electron chi connectivity index (χ1n) is 9.59. The highest BCUT2D eigenvalue weighted by molar-refractivity contribution is 5.81. The fourth-order valence-electron chi connectivity index (χ4n) is 3.23. The van der Waals surface area contributed by atoms with Gasteiger partial charge < -0.3 is 15.0 Å². The molecule has 4 nitrogen and oxygen atoms in total. The van der Waals surface area contributed by atoms with Crippen molar-refractivity contribution in [2.24, 2.45) is 0 Å². The number of nitrogens with zero attached hydrogens (tertiary/aromatic N) is 1. The van der Waals surface area contributed by atoms with Gasteiger partial charge in [-0.1, -0.05) is 39.8 Å². The number of hydrogen-bond donors (Lipinski definition) is 1. The number of benzene rings is 1. The predicted octanol–water partition coefficient (Wildman–Crippen LogP) is 3.74. The summed E-state index contributed by atoms with van der Waals surface area (Å²) in [7, 11) is 0. The first-order chi connectivity index (χ1) is 11.8. The summed E-state index contributed by atoms with van der Waals surface area (Å²) in [5.41, 5.74) is 1.38. The number of amides is 1. The van der Waals surface area contributed by atoms with Crippen LogP contribution in [0.5, 0.6) is 5.75 Å². The summed E-state index contributed by atoms with van der Waals surface area (Å²) in [6.07, 6.45) is 2.77. The highest BCUT2D eigenvalue weighted by atomic mass is 16.5. The number of ether oxygens (including phenoxy) is 1. The maximum absolute atomic E-state index is 12.4. The largest absolute Gasteiger partial charge is 0.481 e. The summed E-state index contributed by atoms with van der Waals surface area (Å²) < 4.78 is 5.82. The van der Waals surface area contributed by atoms with Crippen molar-refractivity contribution in [1.29, 1.82) is 0 Å². The Labute approximate surface area is 152 Å². The molecule has 1 atom stereocenters. The molecule has 0 radical (unpaired) electrons. The van der Waals surface area contributed by atoms with Crippen molar-refractivity contribution < 1.29 is 9.53 Å². The Kier molecular flexibility index (Phi) is 6.88. The molecule has 1 saturated heterocycles. The molecular weight excluding hydrogens is 312 g/mol. The van der Waals surface area contributed by atoms with Gasteiger partial charge in [0.05, 0.1) is 0 Å². The third-order valence-electron chi connectivity index (χ3n) is 4.88. The maximum atomic E-state index is 12.4. The van der Waals surface area contributed by atoms with Gasteiger partial charge in [-0.15, -0.1) is 0 Å². The van der Waals surface area contributed by atoms with Gasteiger partial charge in [0.2, 0.25) is 0 Å². The lowest BCUT2D eigenvalue weighted by atomic mass is 9.87. The van der Waals surface area contributed by atoms with E-state index in [1.807, 2.05) is 19.1 Å². The molecule has 0 aliphatic carbocycles. The minimum absolute atomic E-state index is 0.0196. The van der Waals surface area contributed by atoms with Crippen molar-refractivity contribution >= 4 is 5.91 Å². The fraction of sp³-hybridized carbons (Fsp3) is 0.667. The van der Waals surface area contributed by atoms with E-state index in [0.29, 0.717) is 0 Å². The van der Waals surface area contributed by atoms with Gasteiger partial charge in [0.1, 0.15) is 5.75 Å². The zero-order chi connectivity index (χ0) is 18.4. The minimum Gasteiger partial charge on any atom is -0.481 e. The van der Waals surface area contributed by atoms with E-state index in [1.165, 1.54) is 12.0 Å². The number of hydrogen-bond acceptors (Lipinski definition) is 3. The summed E-state index contributed by atoms with van der Waals surface area (Å²) in [5, 5.41) is 3.15. The average molecular weight is 347 g/mol. The SMILES string of the molecule is CCCN1CCC(NC(=O)[C@@H](C)Oc2ccc(C(C)(C)C)cc2)CC1. The molecule has 1 heterocycles. The monoisotopic (exact) mass is 346 g/mol. The number of nitrogens with one attached hydrogen (secondary N) is 1. The van der Waals surface area contributed by atoms with E-state index in [0.717, 1.165) is 38.2 Å². The van der Waals surface area contributed by atoms with Crippen molar-refractivity contribution in [3.05, 3.63) is 29.8 Å². The van der Waals surface area contributed by atoms with Crippen LogP contribution in [0, 0.1) is 0 Å². The quantitative estimate of drug-likeness (QED) is 0.853. The molecule has 2 rings (SSSR count). The Hall–Kier alpha value is -1.55. The first kappa shape index (κ1) is 19.8. The number of piperidine rings is 1. The molecular formula is C21H34N2O2. The normalized spacial score (nSPS) is 18.0. The molecule has 1 aromatic carbocycles. The molecule has 140 valence electrons. The summed E-state index contributed by atoms with van der Waals surface area (Å²) in [5.74, 6) is 0.724. The number of carbonyl (C=O) groups is 1. The van der Waals surface area contributed by atoms with E-state index in [-0.39, 0.29) is 17.4 Å². The van der Waals surface area contributed by atoms with Crippen LogP contribution >= 0.6 is 0 Å². The van der Waals surface area contributed by atoms with Crippen molar-refractivity contribution in [2.45, 2.75) is 71.4 Å². The summed E-state index contributed by atoms with van der Waals surface area (Å²) in [6, 6.07) is 8.32. The molecule has 0 saturated carbocycles. The number of carbonyl (C=O) groups excluding carboxylic acids is 1. The van der Waals surface area contributed by atoms with Crippen molar-refractivity contribution in [3.8, 4) is 5.75 Å². The van der Waals surface area contributed by atoms with Gasteiger partial charge in [-0.05, 0) is 55.8 Å². The zero-order valence-corrected chi connectivity index (χ0v) is 16.5. The van der Waals surface area contributed by atoms with Gasteiger partial charge in [-0.25, -0.2) is 0 Å². The highest BCUT2D eigenvalue weighted by Gasteiger charge is 2.23. The summed E-state index contributed by atoms with van der Waals surface area (Å²) >= 11 is 0. The average Bonchev–Trinajstić information content (AvgIpc) is 2.56. The second-order valence-corrected chi connectivity index (χ2v) is 8.16. The van der Waals surface area contributed by atoms with E-state index < -0.39 is 6.10 Å². The van der Waals surface area contributed by atoms with E-state index in [9.17, 15) is 4.79 Å². The Bertz CT molecular complexity index is 540. The molecule has 0 spiro atoms. The van der Waals surface area contributed by atoms with Crippen LogP contribution in [0.15, 0.2) is 24.3 Å². The lowest BCUT2D eigenvalue weighted by Gasteiger charge is -2.32. The molecule has 25 heavy (non-hydrogen) atoms. The first-order valence-corrected chi connectivity index (χ1v) is 9.59. The molecule has 1 fully saturated rings. The van der Waals surface area contributed by atoms with Gasteiger partial charge in [0, 0.05) is 19.1 Å². The summed E-state index contributed by atoms with van der Waals surface area (Å²) in [6.45, 7) is 13.9. The Morgan fingerprint density at radius 1 is 1.24 bits per heavy atom. The molecule has 0 aromatic heterocycles. The standard InChI is InChI=1S/C21H34N2O2/c1-6-13-23-14-11-18(12-15-23)22-20(24)16(2)25-19-9-7-17(8-10-19)21(3,4)5/h7-10,16,18H,6,11-15H2,1-5H3,(H,22,24)/t16-/m1/s1. The summed E-state index contributed by atoms with van der Waals surface area (Å²) in [4.78, 5) is 14.9. The number of likely N-dealkylation sites (tertiary alicyclic amines) is 1. The topological polar surface area (TPSA) is 41.6 Å². The third-order valence-corrected chi connectivity index (χ3v) is 4.88. The van der Waals surface area contributed by atoms with Gasteiger partial charge >= 0.3 is 0 Å². The maximum Gasteiger partial charge on any atom is 0.260 e. The molecule has 0 unspecified atom stereocenters. The molecule has 1 N–H and O–H groups in total.